The Morgan fingerprint density at radius 3 is 3.13 bits per heavy atom. The molecule has 2 atom stereocenters. The van der Waals surface area contributed by atoms with E-state index in [2.05, 4.69) is 10.1 Å². The van der Waals surface area contributed by atoms with Crippen LogP contribution in [0.15, 0.2) is 35.1 Å². The van der Waals surface area contributed by atoms with Crippen molar-refractivity contribution in [2.45, 2.75) is 38.3 Å². The van der Waals surface area contributed by atoms with Gasteiger partial charge in [0, 0.05) is 30.3 Å². The van der Waals surface area contributed by atoms with Crippen LogP contribution in [0.4, 0.5) is 0 Å². The molecule has 3 aromatic heterocycles. The maximum atomic E-state index is 12.8. The number of fused-ring (bicyclic) bond motifs is 6. The molecule has 3 aromatic rings. The second kappa shape index (κ2) is 4.44. The van der Waals surface area contributed by atoms with Crippen LogP contribution in [0.2, 0.25) is 0 Å². The summed E-state index contributed by atoms with van der Waals surface area (Å²) in [6.07, 6.45) is 6.26. The molecule has 0 N–H and O–H groups in total. The largest absolute Gasteiger partial charge is 0.459 e. The molecule has 1 saturated heterocycles. The van der Waals surface area contributed by atoms with E-state index >= 15 is 0 Å². The van der Waals surface area contributed by atoms with Crippen molar-refractivity contribution in [1.29, 1.82) is 0 Å². The van der Waals surface area contributed by atoms with Gasteiger partial charge in [0.1, 0.15) is 0 Å². The van der Waals surface area contributed by atoms with Gasteiger partial charge in [0.05, 0.1) is 23.7 Å². The van der Waals surface area contributed by atoms with Gasteiger partial charge in [0.25, 0.3) is 5.91 Å². The summed E-state index contributed by atoms with van der Waals surface area (Å²) in [6.45, 7) is 1.98. The van der Waals surface area contributed by atoms with Gasteiger partial charge in [-0.2, -0.15) is 5.10 Å². The first-order chi connectivity index (χ1) is 11.2. The summed E-state index contributed by atoms with van der Waals surface area (Å²) in [5.74, 6) is 0.388. The summed E-state index contributed by atoms with van der Waals surface area (Å²) in [7, 11) is 0. The summed E-state index contributed by atoms with van der Waals surface area (Å²) >= 11 is 0. The quantitative estimate of drug-likeness (QED) is 0.693. The highest BCUT2D eigenvalue weighted by molar-refractivity contribution is 5.92. The van der Waals surface area contributed by atoms with Crippen LogP contribution >= 0.6 is 0 Å². The van der Waals surface area contributed by atoms with Crippen molar-refractivity contribution >= 4 is 11.6 Å². The first-order valence-electron chi connectivity index (χ1n) is 7.92. The first kappa shape index (κ1) is 12.9. The van der Waals surface area contributed by atoms with Crippen LogP contribution in [0.3, 0.4) is 0 Å². The molecule has 5 heterocycles. The number of aryl methyl sites for hydroxylation is 1. The molecule has 116 valence electrons. The van der Waals surface area contributed by atoms with E-state index in [4.69, 9.17) is 4.42 Å². The van der Waals surface area contributed by atoms with Crippen LogP contribution in [-0.2, 0) is 6.42 Å². The topological polar surface area (TPSA) is 63.6 Å². The predicted octanol–water partition coefficient (Wildman–Crippen LogP) is 2.53. The number of hydrogen-bond acceptors (Lipinski definition) is 4. The minimum Gasteiger partial charge on any atom is -0.459 e. The van der Waals surface area contributed by atoms with E-state index in [1.54, 1.807) is 18.4 Å². The molecular weight excluding hydrogens is 292 g/mol. The van der Waals surface area contributed by atoms with E-state index in [0.717, 1.165) is 36.2 Å². The highest BCUT2D eigenvalue weighted by atomic mass is 16.3. The average molecular weight is 308 g/mol. The lowest BCUT2D eigenvalue weighted by Gasteiger charge is -2.35. The number of amides is 1. The van der Waals surface area contributed by atoms with Crippen molar-refractivity contribution in [3.63, 3.8) is 0 Å². The normalized spacial score (nSPS) is 22.6. The Balaban J connectivity index is 1.63. The Kier molecular flexibility index (Phi) is 2.48. The Morgan fingerprint density at radius 1 is 1.39 bits per heavy atom. The van der Waals surface area contributed by atoms with Crippen molar-refractivity contribution < 1.29 is 9.21 Å². The SMILES string of the molecule is Cc1cc2ncc3c(n2n1)C[C@H]1CC[C@@H]3N1C(=O)c1ccco1. The summed E-state index contributed by atoms with van der Waals surface area (Å²) in [5, 5.41) is 4.58. The highest BCUT2D eigenvalue weighted by Gasteiger charge is 2.44. The van der Waals surface area contributed by atoms with Gasteiger partial charge in [-0.1, -0.05) is 0 Å². The maximum Gasteiger partial charge on any atom is 0.290 e. The van der Waals surface area contributed by atoms with Crippen LogP contribution in [-0.4, -0.2) is 31.4 Å². The second-order valence-corrected chi connectivity index (χ2v) is 6.36. The molecule has 1 amide bonds. The van der Waals surface area contributed by atoms with Gasteiger partial charge in [-0.05, 0) is 31.9 Å². The van der Waals surface area contributed by atoms with E-state index < -0.39 is 0 Å². The Hall–Kier alpha value is -2.63. The molecule has 5 rings (SSSR count). The zero-order valence-electron chi connectivity index (χ0n) is 12.8. The van der Waals surface area contributed by atoms with Crippen LogP contribution in [0.1, 0.15) is 46.4 Å². The molecule has 0 saturated carbocycles. The minimum absolute atomic E-state index is 0.0232. The van der Waals surface area contributed by atoms with E-state index in [9.17, 15) is 4.79 Å². The molecular formula is C17H16N4O2. The summed E-state index contributed by atoms with van der Waals surface area (Å²) < 4.78 is 7.26. The highest BCUT2D eigenvalue weighted by Crippen LogP contribution is 2.44. The Morgan fingerprint density at radius 2 is 2.30 bits per heavy atom. The van der Waals surface area contributed by atoms with E-state index in [0.29, 0.717) is 5.76 Å². The molecule has 2 aliphatic rings. The molecule has 0 spiro atoms. The van der Waals surface area contributed by atoms with Crippen molar-refractivity contribution in [3.8, 4) is 0 Å². The van der Waals surface area contributed by atoms with E-state index in [1.807, 2.05) is 28.6 Å². The summed E-state index contributed by atoms with van der Waals surface area (Å²) in [6, 6.07) is 5.76. The fourth-order valence-corrected chi connectivity index (χ4v) is 4.04. The van der Waals surface area contributed by atoms with Gasteiger partial charge in [-0.25, -0.2) is 9.50 Å². The molecule has 0 radical (unpaired) electrons. The van der Waals surface area contributed by atoms with Gasteiger partial charge < -0.3 is 9.32 Å². The summed E-state index contributed by atoms with van der Waals surface area (Å²) in [4.78, 5) is 19.3. The van der Waals surface area contributed by atoms with Crippen LogP contribution in [0.25, 0.3) is 5.65 Å². The molecule has 0 aliphatic carbocycles. The first-order valence-corrected chi connectivity index (χ1v) is 7.92. The number of aromatic nitrogens is 3. The smallest absolute Gasteiger partial charge is 0.290 e. The fraction of sp³-hybridized carbons (Fsp3) is 0.353. The molecule has 6 nitrogen and oxygen atoms in total. The predicted molar refractivity (Wildman–Crippen MR) is 82.1 cm³/mol. The lowest BCUT2D eigenvalue weighted by atomic mass is 9.99. The van der Waals surface area contributed by atoms with Crippen LogP contribution < -0.4 is 0 Å². The number of carbonyl (C=O) groups is 1. The number of nitrogens with zero attached hydrogens (tertiary/aromatic N) is 4. The van der Waals surface area contributed by atoms with Gasteiger partial charge >= 0.3 is 0 Å². The van der Waals surface area contributed by atoms with Crippen molar-refractivity contribution in [1.82, 2.24) is 19.5 Å². The van der Waals surface area contributed by atoms with Gasteiger partial charge in [0.15, 0.2) is 11.4 Å². The summed E-state index contributed by atoms with van der Waals surface area (Å²) in [5.41, 5.74) is 4.16. The molecule has 1 fully saturated rings. The zero-order valence-corrected chi connectivity index (χ0v) is 12.8. The Labute approximate surface area is 132 Å². The molecule has 0 unspecified atom stereocenters. The number of furan rings is 1. The molecule has 2 bridgehead atoms. The standard InChI is InChI=1S/C17H16N4O2/c1-10-7-16-18-9-12-13-5-4-11(8-14(12)21(16)19-10)20(13)17(22)15-3-2-6-23-15/h2-3,6-7,9,11,13H,4-5,8H2,1H3/t11-,13+/m1/s1. The van der Waals surface area contributed by atoms with E-state index in [1.165, 1.54) is 5.69 Å². The third-order valence-electron chi connectivity index (χ3n) is 4.99. The van der Waals surface area contributed by atoms with Gasteiger partial charge in [-0.15, -0.1) is 0 Å². The number of rotatable bonds is 1. The monoisotopic (exact) mass is 308 g/mol. The third-order valence-corrected chi connectivity index (χ3v) is 4.99. The lowest BCUT2D eigenvalue weighted by Crippen LogP contribution is -2.42. The van der Waals surface area contributed by atoms with Crippen LogP contribution in [0.5, 0.6) is 0 Å². The van der Waals surface area contributed by atoms with E-state index in [-0.39, 0.29) is 18.0 Å². The second-order valence-electron chi connectivity index (χ2n) is 6.36. The van der Waals surface area contributed by atoms with Gasteiger partial charge in [-0.3, -0.25) is 4.79 Å². The minimum atomic E-state index is -0.0232. The molecule has 0 aromatic carbocycles. The fourth-order valence-electron chi connectivity index (χ4n) is 4.04. The van der Waals surface area contributed by atoms with Crippen molar-refractivity contribution in [2.24, 2.45) is 0 Å². The zero-order chi connectivity index (χ0) is 15.6. The third kappa shape index (κ3) is 1.72. The van der Waals surface area contributed by atoms with Crippen LogP contribution in [0, 0.1) is 6.92 Å². The number of carbonyl (C=O) groups excluding carboxylic acids is 1. The van der Waals surface area contributed by atoms with Gasteiger partial charge in [0.2, 0.25) is 0 Å². The lowest BCUT2D eigenvalue weighted by molar-refractivity contribution is 0.0609. The molecule has 2 aliphatic heterocycles. The maximum absolute atomic E-state index is 12.8. The molecule has 6 heteroatoms. The van der Waals surface area contributed by atoms with Crippen molar-refractivity contribution in [3.05, 3.63) is 53.4 Å². The number of hydrogen-bond donors (Lipinski definition) is 0. The van der Waals surface area contributed by atoms with Crippen molar-refractivity contribution in [2.75, 3.05) is 0 Å². The molecule has 23 heavy (non-hydrogen) atoms. The Bertz CT molecular complexity index is 912. The average Bonchev–Trinajstić information content (AvgIpc) is 3.25.